The third-order valence-electron chi connectivity index (χ3n) is 4.19. The van der Waals surface area contributed by atoms with Gasteiger partial charge < -0.3 is 4.74 Å². The molecule has 1 aromatic carbocycles. The third kappa shape index (κ3) is 3.95. The number of hydrogen-bond donors (Lipinski definition) is 0. The van der Waals surface area contributed by atoms with E-state index in [9.17, 15) is 4.79 Å². The van der Waals surface area contributed by atoms with Crippen molar-refractivity contribution in [1.29, 1.82) is 0 Å². The maximum absolute atomic E-state index is 15.6. The van der Waals surface area contributed by atoms with E-state index in [1.54, 1.807) is 19.2 Å². The summed E-state index contributed by atoms with van der Waals surface area (Å²) in [4.78, 5) is 21.1. The van der Waals surface area contributed by atoms with Gasteiger partial charge in [-0.3, -0.25) is 9.48 Å². The summed E-state index contributed by atoms with van der Waals surface area (Å²) in [5.41, 5.74) is -0.884. The van der Waals surface area contributed by atoms with E-state index in [-0.39, 0.29) is 17.4 Å². The quantitative estimate of drug-likeness (QED) is 0.487. The summed E-state index contributed by atoms with van der Waals surface area (Å²) >= 11 is 0. The minimum absolute atomic E-state index is 0.0565. The van der Waals surface area contributed by atoms with Gasteiger partial charge in [0.05, 0.1) is 35.5 Å². The molecule has 9 heteroatoms. The van der Waals surface area contributed by atoms with Crippen LogP contribution in [-0.2, 0) is 7.05 Å². The van der Waals surface area contributed by atoms with Crippen LogP contribution in [0.2, 0.25) is 0 Å². The van der Waals surface area contributed by atoms with Crippen LogP contribution in [0, 0.1) is 0 Å². The second-order valence-electron chi connectivity index (χ2n) is 6.33. The summed E-state index contributed by atoms with van der Waals surface area (Å²) in [6.07, 6.45) is 1.65. The smallest absolute Gasteiger partial charge is 0.206 e. The highest BCUT2D eigenvalue weighted by atomic mass is 19.1. The molecule has 0 saturated carbocycles. The normalized spacial score (nSPS) is 13.4. The zero-order valence-electron chi connectivity index (χ0n) is 19.2. The fraction of sp³-hybridized carbons (Fsp3) is 0.190. The zero-order chi connectivity index (χ0) is 23.7. The van der Waals surface area contributed by atoms with E-state index in [0.717, 1.165) is 4.68 Å². The van der Waals surface area contributed by atoms with E-state index in [4.69, 9.17) is 8.85 Å². The van der Waals surface area contributed by atoms with Crippen LogP contribution in [0.5, 0.6) is 5.75 Å². The highest BCUT2D eigenvalue weighted by Gasteiger charge is 2.20. The molecule has 4 rings (SSSR count). The van der Waals surface area contributed by atoms with Gasteiger partial charge in [0.1, 0.15) is 11.4 Å². The van der Waals surface area contributed by atoms with Crippen molar-refractivity contribution in [3.8, 4) is 22.8 Å². The standard InChI is InChI=1S/C21H19FN6O2/c1-3-30-17-11-23-21(24-12-17)15-6-4-5-14(9-15)19(22)20-18(29)7-8-28(26-20)16-10-25-27(2)13-16/h4-13,19H,3H2,1-2H3/i7D,8D,10D. The summed E-state index contributed by atoms with van der Waals surface area (Å²) < 4.78 is 47.1. The minimum atomic E-state index is -1.98. The molecule has 152 valence electrons. The molecule has 3 aromatic heterocycles. The Labute approximate surface area is 175 Å². The van der Waals surface area contributed by atoms with Gasteiger partial charge in [0.25, 0.3) is 0 Å². The topological polar surface area (TPSA) is 87.7 Å². The van der Waals surface area contributed by atoms with Crippen LogP contribution in [0.25, 0.3) is 17.1 Å². The maximum atomic E-state index is 15.6. The van der Waals surface area contributed by atoms with Gasteiger partial charge in [-0.25, -0.2) is 19.0 Å². The summed E-state index contributed by atoms with van der Waals surface area (Å²) in [5.74, 6) is 0.850. The molecule has 1 unspecified atom stereocenters. The van der Waals surface area contributed by atoms with Gasteiger partial charge in [-0.1, -0.05) is 18.2 Å². The van der Waals surface area contributed by atoms with Gasteiger partial charge in [-0.2, -0.15) is 10.2 Å². The van der Waals surface area contributed by atoms with Crippen LogP contribution in [0.3, 0.4) is 0 Å². The number of rotatable bonds is 6. The zero-order valence-corrected chi connectivity index (χ0v) is 16.2. The Hall–Kier alpha value is -3.88. The van der Waals surface area contributed by atoms with E-state index < -0.39 is 29.5 Å². The average Bonchev–Trinajstić information content (AvgIpc) is 3.15. The van der Waals surface area contributed by atoms with Crippen molar-refractivity contribution in [3.63, 3.8) is 0 Å². The summed E-state index contributed by atoms with van der Waals surface area (Å²) in [5, 5.41) is 7.85. The fourth-order valence-electron chi connectivity index (χ4n) is 2.79. The molecule has 0 aliphatic rings. The molecule has 0 spiro atoms. The Morgan fingerprint density at radius 3 is 2.80 bits per heavy atom. The van der Waals surface area contributed by atoms with Crippen LogP contribution in [0.4, 0.5) is 4.39 Å². The van der Waals surface area contributed by atoms with Crippen molar-refractivity contribution < 1.29 is 13.2 Å². The van der Waals surface area contributed by atoms with Crippen molar-refractivity contribution in [3.05, 3.63) is 82.7 Å². The summed E-state index contributed by atoms with van der Waals surface area (Å²) in [6.45, 7) is 2.32. The number of ether oxygens (including phenoxy) is 1. The number of hydrogen-bond acceptors (Lipinski definition) is 6. The first-order valence-electron chi connectivity index (χ1n) is 10.6. The van der Waals surface area contributed by atoms with Crippen LogP contribution in [0.15, 0.2) is 66.0 Å². The molecule has 1 atom stereocenters. The number of benzene rings is 1. The second kappa shape index (κ2) is 8.24. The molecule has 0 radical (unpaired) electrons. The van der Waals surface area contributed by atoms with E-state index in [1.807, 2.05) is 6.92 Å². The van der Waals surface area contributed by atoms with Crippen LogP contribution >= 0.6 is 0 Å². The lowest BCUT2D eigenvalue weighted by atomic mass is 10.0. The van der Waals surface area contributed by atoms with E-state index >= 15 is 4.39 Å². The molecule has 8 nitrogen and oxygen atoms in total. The number of halogens is 1. The second-order valence-corrected chi connectivity index (χ2v) is 6.33. The van der Waals surface area contributed by atoms with Gasteiger partial charge in [0, 0.05) is 24.8 Å². The number of nitrogens with zero attached hydrogens (tertiary/aromatic N) is 6. The number of alkyl halides is 1. The van der Waals surface area contributed by atoms with Crippen molar-refractivity contribution in [2.45, 2.75) is 13.1 Å². The lowest BCUT2D eigenvalue weighted by Gasteiger charge is -2.11. The molecule has 0 aliphatic heterocycles. The predicted molar refractivity (Wildman–Crippen MR) is 108 cm³/mol. The Morgan fingerprint density at radius 2 is 2.10 bits per heavy atom. The first kappa shape index (κ1) is 16.0. The largest absolute Gasteiger partial charge is 0.491 e. The number of aromatic nitrogens is 6. The molecular formula is C21H19FN6O2. The van der Waals surface area contributed by atoms with Crippen molar-refractivity contribution >= 4 is 0 Å². The van der Waals surface area contributed by atoms with Crippen molar-refractivity contribution in [1.82, 2.24) is 29.5 Å². The predicted octanol–water partition coefficient (Wildman–Crippen LogP) is 2.88. The molecule has 0 bridgehead atoms. The molecule has 0 N–H and O–H groups in total. The van der Waals surface area contributed by atoms with Gasteiger partial charge in [0.2, 0.25) is 5.43 Å². The Morgan fingerprint density at radius 1 is 1.30 bits per heavy atom. The highest BCUT2D eigenvalue weighted by Crippen LogP contribution is 2.26. The highest BCUT2D eigenvalue weighted by molar-refractivity contribution is 5.56. The lowest BCUT2D eigenvalue weighted by molar-refractivity contribution is 0.337. The SMILES string of the molecule is [2H]c1nn(C)cc1-n1nc(C(F)c2cccc(-c3ncc(OCC)cn3)c2)c(=O)c([2H])c1[2H]. The van der Waals surface area contributed by atoms with E-state index in [2.05, 4.69) is 20.2 Å². The third-order valence-corrected chi connectivity index (χ3v) is 4.19. The molecule has 30 heavy (non-hydrogen) atoms. The Bertz CT molecular complexity index is 1370. The van der Waals surface area contributed by atoms with E-state index in [0.29, 0.717) is 23.7 Å². The lowest BCUT2D eigenvalue weighted by Crippen LogP contribution is -2.18. The molecule has 0 fully saturated rings. The van der Waals surface area contributed by atoms with E-state index in [1.165, 1.54) is 35.4 Å². The molecule has 3 heterocycles. The first-order chi connectivity index (χ1) is 15.8. The Kier molecular flexibility index (Phi) is 4.39. The monoisotopic (exact) mass is 409 g/mol. The van der Waals surface area contributed by atoms with Gasteiger partial charge in [-0.05, 0) is 18.6 Å². The van der Waals surface area contributed by atoms with Crippen LogP contribution in [0.1, 0.15) is 28.5 Å². The molecule has 4 aromatic rings. The van der Waals surface area contributed by atoms with Crippen LogP contribution in [-0.4, -0.2) is 36.1 Å². The Balaban J connectivity index is 1.75. The van der Waals surface area contributed by atoms with Gasteiger partial charge in [0.15, 0.2) is 17.7 Å². The fourth-order valence-corrected chi connectivity index (χ4v) is 2.79. The number of aryl methyl sites for hydroxylation is 1. The first-order valence-corrected chi connectivity index (χ1v) is 9.10. The molecular weight excluding hydrogens is 387 g/mol. The summed E-state index contributed by atoms with van der Waals surface area (Å²) in [7, 11) is 1.57. The molecule has 0 aliphatic carbocycles. The minimum Gasteiger partial charge on any atom is -0.491 e. The molecule has 0 amide bonds. The van der Waals surface area contributed by atoms with Gasteiger partial charge in [-0.15, -0.1) is 0 Å². The average molecular weight is 409 g/mol. The van der Waals surface area contributed by atoms with Gasteiger partial charge >= 0.3 is 0 Å². The molecule has 0 saturated heterocycles. The maximum Gasteiger partial charge on any atom is 0.206 e. The summed E-state index contributed by atoms with van der Waals surface area (Å²) in [6, 6.07) is 5.54. The van der Waals surface area contributed by atoms with Crippen LogP contribution < -0.4 is 10.2 Å². The van der Waals surface area contributed by atoms with Crippen molar-refractivity contribution in [2.24, 2.45) is 7.05 Å². The van der Waals surface area contributed by atoms with Crippen molar-refractivity contribution in [2.75, 3.05) is 6.61 Å².